The average Bonchev–Trinajstić information content (AvgIpc) is 3.38. The molecule has 33 heavy (non-hydrogen) atoms. The highest BCUT2D eigenvalue weighted by Crippen LogP contribution is 2.36. The molecule has 0 spiro atoms. The Kier molecular flexibility index (Phi) is 7.19. The van der Waals surface area contributed by atoms with Crippen molar-refractivity contribution >= 4 is 23.2 Å². The van der Waals surface area contributed by atoms with E-state index in [-0.39, 0.29) is 23.5 Å². The highest BCUT2D eigenvalue weighted by atomic mass is 32.1. The smallest absolute Gasteiger partial charge is 0.335 e. The Bertz CT molecular complexity index is 1140. The number of allylic oxidation sites excluding steroid dienone is 1. The van der Waals surface area contributed by atoms with Crippen LogP contribution in [0.5, 0.6) is 5.75 Å². The molecule has 0 aliphatic heterocycles. The van der Waals surface area contributed by atoms with Crippen LogP contribution < -0.4 is 5.32 Å². The molecule has 0 radical (unpaired) electrons. The van der Waals surface area contributed by atoms with Crippen molar-refractivity contribution in [3.63, 3.8) is 0 Å². The van der Waals surface area contributed by atoms with Gasteiger partial charge in [0.25, 0.3) is 0 Å². The van der Waals surface area contributed by atoms with Crippen molar-refractivity contribution in [1.82, 2.24) is 10.3 Å². The lowest BCUT2D eigenvalue weighted by molar-refractivity contribution is -0.136. The van der Waals surface area contributed by atoms with E-state index in [2.05, 4.69) is 10.3 Å². The van der Waals surface area contributed by atoms with Gasteiger partial charge in [-0.25, -0.2) is 9.78 Å². The molecule has 2 aromatic carbocycles. The number of aryl methyl sites for hydroxylation is 1. The van der Waals surface area contributed by atoms with Crippen molar-refractivity contribution in [3.8, 4) is 16.9 Å². The lowest BCUT2D eigenvalue weighted by Gasteiger charge is -2.25. The first-order valence-electron chi connectivity index (χ1n) is 10.9. The Morgan fingerprint density at radius 1 is 1.12 bits per heavy atom. The molecular weight excluding hydrogens is 436 g/mol. The van der Waals surface area contributed by atoms with E-state index in [0.717, 1.165) is 28.1 Å². The number of aromatic nitrogens is 1. The molecule has 2 N–H and O–H groups in total. The Morgan fingerprint density at radius 3 is 2.45 bits per heavy atom. The summed E-state index contributed by atoms with van der Waals surface area (Å²) < 4.78 is 4.94. The average molecular weight is 463 g/mol. The molecule has 1 unspecified atom stereocenters. The molecule has 1 aliphatic carbocycles. The number of nitrogens with zero attached hydrogens (tertiary/aromatic N) is 1. The Labute approximate surface area is 197 Å². The fourth-order valence-corrected chi connectivity index (χ4v) is 4.85. The Morgan fingerprint density at radius 2 is 1.82 bits per heavy atom. The molecule has 0 bridgehead atoms. The van der Waals surface area contributed by atoms with Crippen LogP contribution >= 0.6 is 11.3 Å². The van der Waals surface area contributed by atoms with E-state index >= 15 is 0 Å². The summed E-state index contributed by atoms with van der Waals surface area (Å²) in [4.78, 5) is 29.4. The summed E-state index contributed by atoms with van der Waals surface area (Å²) in [7, 11) is 1.36. The fraction of sp³-hybridized carbons (Fsp3) is 0.269. The zero-order valence-electron chi connectivity index (χ0n) is 18.4. The van der Waals surface area contributed by atoms with E-state index in [1.165, 1.54) is 7.11 Å². The molecule has 1 amide bonds. The summed E-state index contributed by atoms with van der Waals surface area (Å²) in [5.74, 6) is -0.0644. The predicted molar refractivity (Wildman–Crippen MR) is 128 cm³/mol. The lowest BCUT2D eigenvalue weighted by Crippen LogP contribution is -2.29. The Hall–Kier alpha value is -3.45. The van der Waals surface area contributed by atoms with Crippen LogP contribution in [-0.2, 0) is 20.7 Å². The molecule has 7 heteroatoms. The predicted octanol–water partition coefficient (Wildman–Crippen LogP) is 4.96. The summed E-state index contributed by atoms with van der Waals surface area (Å²) in [6.45, 7) is 0. The van der Waals surface area contributed by atoms with Crippen LogP contribution in [0.2, 0.25) is 0 Å². The second kappa shape index (κ2) is 10.4. The first kappa shape index (κ1) is 22.7. The first-order valence-corrected chi connectivity index (χ1v) is 11.8. The second-order valence-electron chi connectivity index (χ2n) is 8.05. The van der Waals surface area contributed by atoms with Gasteiger partial charge in [-0.2, -0.15) is 0 Å². The minimum Gasteiger partial charge on any atom is -0.508 e. The topological polar surface area (TPSA) is 88.5 Å². The number of amides is 1. The molecule has 0 saturated heterocycles. The van der Waals surface area contributed by atoms with Gasteiger partial charge >= 0.3 is 5.97 Å². The third-order valence-electron chi connectivity index (χ3n) is 5.88. The molecule has 1 aromatic heterocycles. The van der Waals surface area contributed by atoms with Crippen LogP contribution in [0.4, 0.5) is 0 Å². The van der Waals surface area contributed by atoms with E-state index in [9.17, 15) is 14.7 Å². The van der Waals surface area contributed by atoms with Crippen molar-refractivity contribution in [2.24, 2.45) is 0 Å². The maximum atomic E-state index is 12.7. The van der Waals surface area contributed by atoms with E-state index in [1.54, 1.807) is 29.7 Å². The molecule has 0 saturated carbocycles. The van der Waals surface area contributed by atoms with E-state index in [0.29, 0.717) is 37.0 Å². The molecular formula is C26H26N2O4S. The maximum absolute atomic E-state index is 12.7. The van der Waals surface area contributed by atoms with Gasteiger partial charge in [-0.3, -0.25) is 4.79 Å². The van der Waals surface area contributed by atoms with Crippen LogP contribution in [0.25, 0.3) is 11.1 Å². The number of thiazole rings is 1. The largest absolute Gasteiger partial charge is 0.508 e. The van der Waals surface area contributed by atoms with Gasteiger partial charge in [0.1, 0.15) is 5.75 Å². The zero-order valence-corrected chi connectivity index (χ0v) is 19.2. The molecule has 170 valence electrons. The molecule has 4 rings (SSSR count). The number of carbonyl (C=O) groups excluding carboxylic acids is 2. The number of esters is 1. The summed E-state index contributed by atoms with van der Waals surface area (Å²) >= 11 is 1.60. The van der Waals surface area contributed by atoms with Crippen LogP contribution in [0, 0.1) is 0 Å². The molecule has 1 atom stereocenters. The minimum atomic E-state index is -0.382. The highest BCUT2D eigenvalue weighted by Gasteiger charge is 2.28. The number of hydrogen-bond donors (Lipinski definition) is 2. The van der Waals surface area contributed by atoms with Crippen LogP contribution in [0.1, 0.15) is 42.2 Å². The van der Waals surface area contributed by atoms with Crippen molar-refractivity contribution < 1.29 is 19.4 Å². The van der Waals surface area contributed by atoms with E-state index < -0.39 is 0 Å². The molecule has 1 aliphatic rings. The number of hydrogen-bond acceptors (Lipinski definition) is 6. The number of nitrogens with one attached hydrogen (secondary N) is 1. The van der Waals surface area contributed by atoms with Gasteiger partial charge in [-0.15, -0.1) is 11.3 Å². The van der Waals surface area contributed by atoms with Crippen molar-refractivity contribution in [3.05, 3.63) is 81.9 Å². The van der Waals surface area contributed by atoms with E-state index in [1.807, 2.05) is 41.8 Å². The number of aromatic hydroxyl groups is 1. The minimum absolute atomic E-state index is 0.117. The molecule has 3 aromatic rings. The van der Waals surface area contributed by atoms with Crippen molar-refractivity contribution in [2.75, 3.05) is 7.11 Å². The molecule has 1 heterocycles. The number of carbonyl (C=O) groups is 2. The maximum Gasteiger partial charge on any atom is 0.335 e. The third kappa shape index (κ3) is 5.68. The summed E-state index contributed by atoms with van der Waals surface area (Å²) in [5.41, 5.74) is 4.33. The van der Waals surface area contributed by atoms with Crippen molar-refractivity contribution in [1.29, 1.82) is 0 Å². The summed E-state index contributed by atoms with van der Waals surface area (Å²) in [6, 6.07) is 15.1. The summed E-state index contributed by atoms with van der Waals surface area (Å²) in [6.07, 6.45) is 4.64. The number of methoxy groups -OCH3 is 1. The van der Waals surface area contributed by atoms with Gasteiger partial charge < -0.3 is 15.2 Å². The number of phenols is 1. The highest BCUT2D eigenvalue weighted by molar-refractivity contribution is 7.09. The van der Waals surface area contributed by atoms with Gasteiger partial charge in [0.2, 0.25) is 5.91 Å². The SMILES string of the molecule is COC(=O)C1=C(NC(=O)CCc2ccc(-c3ccc(O)cc3)cc2)CC(c2nccs2)CC1. The van der Waals surface area contributed by atoms with Gasteiger partial charge in [0.15, 0.2) is 0 Å². The Balaban J connectivity index is 1.38. The normalized spacial score (nSPS) is 15.8. The lowest BCUT2D eigenvalue weighted by atomic mass is 9.87. The van der Waals surface area contributed by atoms with E-state index in [4.69, 9.17) is 4.74 Å². The molecule has 0 fully saturated rings. The first-order chi connectivity index (χ1) is 16.0. The second-order valence-corrected chi connectivity index (χ2v) is 8.98. The number of benzene rings is 2. The van der Waals surface area contributed by atoms with Crippen LogP contribution in [-0.4, -0.2) is 29.1 Å². The summed E-state index contributed by atoms with van der Waals surface area (Å²) in [5, 5.41) is 15.4. The zero-order chi connectivity index (χ0) is 23.2. The fourth-order valence-electron chi connectivity index (χ4n) is 4.07. The number of ether oxygens (including phenoxy) is 1. The van der Waals surface area contributed by atoms with Gasteiger partial charge in [-0.05, 0) is 54.5 Å². The number of rotatable bonds is 7. The molecule has 6 nitrogen and oxygen atoms in total. The van der Waals surface area contributed by atoms with Gasteiger partial charge in [0, 0.05) is 29.6 Å². The standard InChI is InChI=1S/C26H26N2O4S/c1-32-26(31)22-12-9-20(25-27-14-15-33-25)16-23(22)28-24(30)13-4-17-2-5-18(6-3-17)19-7-10-21(29)11-8-19/h2-3,5-8,10-11,14-15,20,29H,4,9,12-13,16H2,1H3,(H,28,30). The number of phenolic OH excluding ortho intramolecular Hbond substituents is 1. The van der Waals surface area contributed by atoms with Gasteiger partial charge in [0.05, 0.1) is 17.7 Å². The van der Waals surface area contributed by atoms with Gasteiger partial charge in [-0.1, -0.05) is 36.4 Å². The van der Waals surface area contributed by atoms with Crippen molar-refractivity contribution in [2.45, 2.75) is 38.0 Å². The van der Waals surface area contributed by atoms with Crippen LogP contribution in [0.3, 0.4) is 0 Å². The third-order valence-corrected chi connectivity index (χ3v) is 6.81. The quantitative estimate of drug-likeness (QED) is 0.485. The monoisotopic (exact) mass is 462 g/mol. The van der Waals surface area contributed by atoms with Crippen LogP contribution in [0.15, 0.2) is 71.4 Å².